The van der Waals surface area contributed by atoms with Crippen LogP contribution in [0.15, 0.2) is 10.8 Å². The van der Waals surface area contributed by atoms with Gasteiger partial charge in [0.2, 0.25) is 0 Å². The maximum Gasteiger partial charge on any atom is 0.181 e. The van der Waals surface area contributed by atoms with E-state index >= 15 is 0 Å². The Labute approximate surface area is 72.0 Å². The highest BCUT2D eigenvalue weighted by atomic mass is 16.3. The fraction of sp³-hybridized carbons (Fsp3) is 0.700. The molecule has 2 saturated carbocycles. The Morgan fingerprint density at radius 1 is 1.67 bits per heavy atom. The van der Waals surface area contributed by atoms with Gasteiger partial charge in [0.1, 0.15) is 5.76 Å². The van der Waals surface area contributed by atoms with Crippen molar-refractivity contribution in [2.24, 2.45) is 5.92 Å². The number of rotatable bonds is 1. The van der Waals surface area contributed by atoms with Gasteiger partial charge in [-0.15, -0.1) is 0 Å². The molecular formula is C10H13NO. The van der Waals surface area contributed by atoms with Crippen LogP contribution in [0.25, 0.3) is 0 Å². The first-order valence-corrected chi connectivity index (χ1v) is 4.73. The van der Waals surface area contributed by atoms with Crippen LogP contribution in [-0.4, -0.2) is 4.98 Å². The minimum Gasteiger partial charge on any atom is -0.448 e. The molecule has 2 heteroatoms. The second kappa shape index (κ2) is 1.93. The monoisotopic (exact) mass is 163 g/mol. The van der Waals surface area contributed by atoms with Crippen LogP contribution in [0.5, 0.6) is 0 Å². The van der Waals surface area contributed by atoms with Crippen LogP contribution in [-0.2, 0) is 5.41 Å². The molecule has 2 aliphatic rings. The molecule has 0 bridgehead atoms. The van der Waals surface area contributed by atoms with Gasteiger partial charge < -0.3 is 4.42 Å². The Balaban J connectivity index is 2.04. The number of nitrogens with zero attached hydrogens (tertiary/aromatic N) is 1. The Morgan fingerprint density at radius 2 is 2.58 bits per heavy atom. The molecule has 0 amide bonds. The molecule has 1 aromatic heterocycles. The molecule has 0 aromatic carbocycles. The van der Waals surface area contributed by atoms with E-state index in [1.54, 1.807) is 6.39 Å². The zero-order chi connectivity index (χ0) is 8.18. The van der Waals surface area contributed by atoms with E-state index in [-0.39, 0.29) is 0 Å². The number of aryl methyl sites for hydroxylation is 1. The largest absolute Gasteiger partial charge is 0.448 e. The average molecular weight is 163 g/mol. The third-order valence-corrected chi connectivity index (χ3v) is 3.61. The van der Waals surface area contributed by atoms with Crippen LogP contribution in [0.3, 0.4) is 0 Å². The van der Waals surface area contributed by atoms with Crippen molar-refractivity contribution in [3.8, 4) is 0 Å². The van der Waals surface area contributed by atoms with E-state index < -0.39 is 0 Å². The van der Waals surface area contributed by atoms with Gasteiger partial charge in [-0.3, -0.25) is 0 Å². The summed E-state index contributed by atoms with van der Waals surface area (Å²) >= 11 is 0. The summed E-state index contributed by atoms with van der Waals surface area (Å²) < 4.78 is 5.48. The van der Waals surface area contributed by atoms with E-state index in [1.165, 1.54) is 31.4 Å². The third kappa shape index (κ3) is 0.637. The van der Waals surface area contributed by atoms with Crippen LogP contribution in [0.2, 0.25) is 0 Å². The van der Waals surface area contributed by atoms with Crippen LogP contribution >= 0.6 is 0 Å². The van der Waals surface area contributed by atoms with E-state index in [4.69, 9.17) is 4.42 Å². The highest BCUT2D eigenvalue weighted by Gasteiger charge is 2.60. The summed E-state index contributed by atoms with van der Waals surface area (Å²) in [6.45, 7) is 2.06. The van der Waals surface area contributed by atoms with E-state index in [2.05, 4.69) is 11.9 Å². The van der Waals surface area contributed by atoms with Gasteiger partial charge in [0.25, 0.3) is 0 Å². The molecule has 0 N–H and O–H groups in total. The number of aromatic nitrogens is 1. The maximum atomic E-state index is 5.48. The highest BCUT2D eigenvalue weighted by Crippen LogP contribution is 2.64. The normalized spacial score (nSPS) is 38.2. The van der Waals surface area contributed by atoms with Gasteiger partial charge in [0.15, 0.2) is 6.39 Å². The van der Waals surface area contributed by atoms with Crippen molar-refractivity contribution in [2.45, 2.75) is 38.0 Å². The van der Waals surface area contributed by atoms with Crippen molar-refractivity contribution in [2.75, 3.05) is 0 Å². The summed E-state index contributed by atoms with van der Waals surface area (Å²) in [7, 11) is 0. The molecule has 3 rings (SSSR count). The standard InChI is InChI=1S/C10H13NO/c1-7-9(12-6-11-7)10-4-2-3-8(10)5-10/h6,8H,2-5H2,1H3. The molecule has 12 heavy (non-hydrogen) atoms. The van der Waals surface area contributed by atoms with Crippen LogP contribution < -0.4 is 0 Å². The molecule has 0 aliphatic heterocycles. The number of hydrogen-bond acceptors (Lipinski definition) is 2. The van der Waals surface area contributed by atoms with Crippen LogP contribution in [0, 0.1) is 12.8 Å². The van der Waals surface area contributed by atoms with Gasteiger partial charge in [-0.1, -0.05) is 6.42 Å². The van der Waals surface area contributed by atoms with Crippen LogP contribution in [0.1, 0.15) is 37.1 Å². The predicted molar refractivity (Wildman–Crippen MR) is 44.9 cm³/mol. The average Bonchev–Trinajstić information content (AvgIpc) is 2.49. The number of oxazole rings is 1. The zero-order valence-electron chi connectivity index (χ0n) is 7.34. The molecule has 2 unspecified atom stereocenters. The molecule has 0 saturated heterocycles. The lowest BCUT2D eigenvalue weighted by atomic mass is 9.99. The summed E-state index contributed by atoms with van der Waals surface area (Å²) in [5.41, 5.74) is 1.56. The second-order valence-electron chi connectivity index (χ2n) is 4.22. The molecule has 2 fully saturated rings. The molecule has 0 radical (unpaired) electrons. The third-order valence-electron chi connectivity index (χ3n) is 3.61. The van der Waals surface area contributed by atoms with Crippen LogP contribution in [0.4, 0.5) is 0 Å². The smallest absolute Gasteiger partial charge is 0.181 e. The molecule has 2 nitrogen and oxygen atoms in total. The van der Waals surface area contributed by atoms with Gasteiger partial charge >= 0.3 is 0 Å². The number of hydrogen-bond donors (Lipinski definition) is 0. The summed E-state index contributed by atoms with van der Waals surface area (Å²) in [5.74, 6) is 2.11. The lowest BCUT2D eigenvalue weighted by Gasteiger charge is -2.07. The van der Waals surface area contributed by atoms with Crippen molar-refractivity contribution < 1.29 is 4.42 Å². The summed E-state index contributed by atoms with van der Waals surface area (Å²) in [6, 6.07) is 0. The van der Waals surface area contributed by atoms with E-state index in [0.29, 0.717) is 5.41 Å². The first kappa shape index (κ1) is 6.70. The Kier molecular flexibility index (Phi) is 1.07. The fourth-order valence-corrected chi connectivity index (χ4v) is 2.90. The van der Waals surface area contributed by atoms with Crippen molar-refractivity contribution >= 4 is 0 Å². The SMILES string of the molecule is Cc1ncoc1C12CCCC1C2. The first-order valence-electron chi connectivity index (χ1n) is 4.73. The molecule has 2 aliphatic carbocycles. The zero-order valence-corrected chi connectivity index (χ0v) is 7.34. The molecular weight excluding hydrogens is 150 g/mol. The highest BCUT2D eigenvalue weighted by molar-refractivity contribution is 5.30. The van der Waals surface area contributed by atoms with E-state index in [1.807, 2.05) is 0 Å². The van der Waals surface area contributed by atoms with E-state index in [9.17, 15) is 0 Å². The predicted octanol–water partition coefficient (Wildman–Crippen LogP) is 2.42. The van der Waals surface area contributed by atoms with Crippen molar-refractivity contribution in [3.05, 3.63) is 17.8 Å². The van der Waals surface area contributed by atoms with E-state index in [0.717, 1.165) is 11.6 Å². The summed E-state index contributed by atoms with van der Waals surface area (Å²) in [4.78, 5) is 4.17. The minimum atomic E-state index is 0.445. The molecule has 2 atom stereocenters. The molecule has 64 valence electrons. The lowest BCUT2D eigenvalue weighted by Crippen LogP contribution is -2.05. The molecule has 1 aromatic rings. The van der Waals surface area contributed by atoms with Gasteiger partial charge in [-0.25, -0.2) is 4.98 Å². The van der Waals surface area contributed by atoms with Crippen molar-refractivity contribution in [1.82, 2.24) is 4.98 Å². The Hall–Kier alpha value is -0.790. The van der Waals surface area contributed by atoms with Gasteiger partial charge in [-0.05, 0) is 32.1 Å². The molecule has 1 heterocycles. The number of fused-ring (bicyclic) bond motifs is 1. The first-order chi connectivity index (χ1) is 5.83. The quantitative estimate of drug-likeness (QED) is 0.635. The maximum absolute atomic E-state index is 5.48. The molecule has 0 spiro atoms. The van der Waals surface area contributed by atoms with Crippen molar-refractivity contribution in [1.29, 1.82) is 0 Å². The van der Waals surface area contributed by atoms with Gasteiger partial charge in [-0.2, -0.15) is 0 Å². The fourth-order valence-electron chi connectivity index (χ4n) is 2.90. The minimum absolute atomic E-state index is 0.445. The van der Waals surface area contributed by atoms with Gasteiger partial charge in [0, 0.05) is 5.41 Å². The summed E-state index contributed by atoms with van der Waals surface area (Å²) in [5, 5.41) is 0. The summed E-state index contributed by atoms with van der Waals surface area (Å²) in [6.07, 6.45) is 7.05. The van der Waals surface area contributed by atoms with Crippen molar-refractivity contribution in [3.63, 3.8) is 0 Å². The van der Waals surface area contributed by atoms with Gasteiger partial charge in [0.05, 0.1) is 5.69 Å². The Morgan fingerprint density at radius 3 is 3.08 bits per heavy atom. The second-order valence-corrected chi connectivity index (χ2v) is 4.22. The Bertz CT molecular complexity index is 317. The topological polar surface area (TPSA) is 26.0 Å². The lowest BCUT2D eigenvalue weighted by molar-refractivity contribution is 0.436.